The summed E-state index contributed by atoms with van der Waals surface area (Å²) in [5.74, 6) is -1.68. The Bertz CT molecular complexity index is 950. The molecular weight excluding hydrogens is 578 g/mol. The summed E-state index contributed by atoms with van der Waals surface area (Å²) in [6.07, 6.45) is 0.801. The number of rotatable bonds is 20. The highest BCUT2D eigenvalue weighted by molar-refractivity contribution is 5.92. The van der Waals surface area contributed by atoms with E-state index in [0.29, 0.717) is 31.2 Å². The van der Waals surface area contributed by atoms with Crippen molar-refractivity contribution in [1.82, 2.24) is 26.6 Å². The van der Waals surface area contributed by atoms with Crippen LogP contribution in [0.2, 0.25) is 0 Å². The van der Waals surface area contributed by atoms with Gasteiger partial charge in [-0.05, 0) is 62.7 Å². The van der Waals surface area contributed by atoms with E-state index >= 15 is 0 Å². The maximum atomic E-state index is 13.6. The van der Waals surface area contributed by atoms with Crippen molar-refractivity contribution >= 4 is 29.7 Å². The Morgan fingerprint density at radius 1 is 0.667 bits per heavy atom. The molecule has 0 aliphatic rings. The highest BCUT2D eigenvalue weighted by Crippen LogP contribution is 2.22. The molecule has 45 heavy (non-hydrogen) atoms. The van der Waals surface area contributed by atoms with Gasteiger partial charge >= 0.3 is 6.09 Å². The normalized spacial score (nSPS) is 15.7. The summed E-state index contributed by atoms with van der Waals surface area (Å²) in [6, 6.07) is -3.55. The largest absolute Gasteiger partial charge is 0.450 e. The second-order valence-electron chi connectivity index (χ2n) is 14.4. The van der Waals surface area contributed by atoms with Gasteiger partial charge in [-0.3, -0.25) is 19.2 Å². The molecule has 0 unspecified atom stereocenters. The first kappa shape index (κ1) is 42.1. The molecular formula is C33H63N5O7. The Morgan fingerprint density at radius 3 is 1.67 bits per heavy atom. The Kier molecular flexibility index (Phi) is 19.0. The van der Waals surface area contributed by atoms with Crippen molar-refractivity contribution in [2.75, 3.05) is 13.2 Å². The van der Waals surface area contributed by atoms with E-state index in [0.717, 1.165) is 6.42 Å². The molecule has 0 aliphatic carbocycles. The second kappa shape index (κ2) is 20.3. The molecule has 0 aromatic heterocycles. The zero-order chi connectivity index (χ0) is 35.1. The zero-order valence-corrected chi connectivity index (χ0v) is 29.8. The molecule has 0 fully saturated rings. The average Bonchev–Trinajstić information content (AvgIpc) is 2.88. The van der Waals surface area contributed by atoms with Crippen LogP contribution >= 0.6 is 0 Å². The van der Waals surface area contributed by atoms with E-state index in [2.05, 4.69) is 40.4 Å². The van der Waals surface area contributed by atoms with Crippen molar-refractivity contribution in [1.29, 1.82) is 0 Å². The van der Waals surface area contributed by atoms with Crippen LogP contribution in [0.3, 0.4) is 0 Å². The van der Waals surface area contributed by atoms with E-state index in [4.69, 9.17) is 4.74 Å². The quantitative estimate of drug-likeness (QED) is 0.118. The predicted molar refractivity (Wildman–Crippen MR) is 176 cm³/mol. The van der Waals surface area contributed by atoms with Gasteiger partial charge in [0.2, 0.25) is 23.6 Å². The van der Waals surface area contributed by atoms with Gasteiger partial charge in [-0.25, -0.2) is 4.79 Å². The smallest absolute Gasteiger partial charge is 0.407 e. The lowest BCUT2D eigenvalue weighted by atomic mass is 9.85. The van der Waals surface area contributed by atoms with Crippen LogP contribution in [-0.2, 0) is 23.9 Å². The predicted octanol–water partition coefficient (Wildman–Crippen LogP) is 3.26. The SMILES string of the molecule is CC(C)CCNC(=O)[C@H](C)NC(=O)C[C@@](C)(O)[C@H](CC(C)C)NC(=O)[C@@H](NC(=O)[C@@H](NC(=O)OCCC(C)C)C(C)C)C(C)C. The molecule has 0 saturated heterocycles. The minimum atomic E-state index is -1.66. The van der Waals surface area contributed by atoms with Crippen molar-refractivity contribution < 1.29 is 33.8 Å². The molecule has 5 amide bonds. The molecule has 0 aromatic rings. The third-order valence-electron chi connectivity index (χ3n) is 7.48. The minimum absolute atomic E-state index is 0.0545. The van der Waals surface area contributed by atoms with Gasteiger partial charge in [0.25, 0.3) is 0 Å². The fraction of sp³-hybridized carbons (Fsp3) is 0.848. The van der Waals surface area contributed by atoms with Crippen LogP contribution in [0, 0.1) is 29.6 Å². The number of ether oxygens (including phenoxy) is 1. The molecule has 0 aliphatic heterocycles. The van der Waals surface area contributed by atoms with Crippen LogP contribution in [0.4, 0.5) is 4.79 Å². The summed E-state index contributed by atoms with van der Waals surface area (Å²) in [4.78, 5) is 64.5. The fourth-order valence-electron chi connectivity index (χ4n) is 4.51. The van der Waals surface area contributed by atoms with Gasteiger partial charge in [0.15, 0.2) is 0 Å². The maximum absolute atomic E-state index is 13.6. The third kappa shape index (κ3) is 17.4. The Labute approximate surface area is 271 Å². The van der Waals surface area contributed by atoms with Crippen LogP contribution in [0.15, 0.2) is 0 Å². The van der Waals surface area contributed by atoms with Crippen molar-refractivity contribution in [2.24, 2.45) is 29.6 Å². The average molecular weight is 642 g/mol. The first-order chi connectivity index (χ1) is 20.7. The van der Waals surface area contributed by atoms with Gasteiger partial charge in [-0.2, -0.15) is 0 Å². The first-order valence-electron chi connectivity index (χ1n) is 16.5. The lowest BCUT2D eigenvalue weighted by Crippen LogP contribution is -2.61. The van der Waals surface area contributed by atoms with E-state index in [1.54, 1.807) is 34.6 Å². The summed E-state index contributed by atoms with van der Waals surface area (Å²) in [5.41, 5.74) is -1.66. The Hall–Kier alpha value is -2.89. The van der Waals surface area contributed by atoms with Crippen LogP contribution in [0.5, 0.6) is 0 Å². The molecule has 5 atom stereocenters. The highest BCUT2D eigenvalue weighted by atomic mass is 16.5. The van der Waals surface area contributed by atoms with Crippen molar-refractivity contribution in [2.45, 2.75) is 139 Å². The number of nitrogens with one attached hydrogen (secondary N) is 5. The summed E-state index contributed by atoms with van der Waals surface area (Å²) < 4.78 is 5.21. The highest BCUT2D eigenvalue weighted by Gasteiger charge is 2.39. The van der Waals surface area contributed by atoms with Gasteiger partial charge in [0.05, 0.1) is 24.7 Å². The number of carbonyl (C=O) groups excluding carboxylic acids is 5. The van der Waals surface area contributed by atoms with Crippen molar-refractivity contribution in [3.05, 3.63) is 0 Å². The van der Waals surface area contributed by atoms with E-state index in [-0.39, 0.29) is 36.7 Å². The van der Waals surface area contributed by atoms with Crippen LogP contribution < -0.4 is 26.6 Å². The second-order valence-corrected chi connectivity index (χ2v) is 14.4. The first-order valence-corrected chi connectivity index (χ1v) is 16.5. The molecule has 0 saturated carbocycles. The van der Waals surface area contributed by atoms with Crippen LogP contribution in [0.25, 0.3) is 0 Å². The van der Waals surface area contributed by atoms with Crippen molar-refractivity contribution in [3.8, 4) is 0 Å². The lowest BCUT2D eigenvalue weighted by Gasteiger charge is -2.36. The molecule has 0 bridgehead atoms. The van der Waals surface area contributed by atoms with Crippen LogP contribution in [0.1, 0.15) is 109 Å². The molecule has 12 heteroatoms. The molecule has 12 nitrogen and oxygen atoms in total. The van der Waals surface area contributed by atoms with Gasteiger partial charge in [-0.15, -0.1) is 0 Å². The third-order valence-corrected chi connectivity index (χ3v) is 7.48. The summed E-state index contributed by atoms with van der Waals surface area (Å²) in [6.45, 7) is 22.9. The number of hydrogen-bond donors (Lipinski definition) is 6. The molecule has 262 valence electrons. The standard InChI is InChI=1S/C33H63N5O7/c1-19(2)13-15-34-29(40)24(11)35-26(39)18-33(12,44)25(17-21(5)6)36-30(41)27(22(7)8)37-31(42)28(23(9)10)38-32(43)45-16-14-20(3)4/h19-25,27-28,44H,13-18H2,1-12H3,(H,34,40)(H,35,39)(H,36,41)(H,37,42)(H,38,43)/t24-,25-,27-,28-,33+/m0/s1. The van der Waals surface area contributed by atoms with E-state index in [1.165, 1.54) is 6.92 Å². The van der Waals surface area contributed by atoms with E-state index in [1.807, 2.05) is 27.7 Å². The van der Waals surface area contributed by atoms with Gasteiger partial charge in [0, 0.05) is 6.54 Å². The summed E-state index contributed by atoms with van der Waals surface area (Å²) in [5, 5.41) is 25.1. The molecule has 0 rings (SSSR count). The number of alkyl carbamates (subject to hydrolysis) is 1. The molecule has 0 aromatic carbocycles. The van der Waals surface area contributed by atoms with Gasteiger partial charge < -0.3 is 36.4 Å². The molecule has 0 spiro atoms. The van der Waals surface area contributed by atoms with Gasteiger partial charge in [-0.1, -0.05) is 69.2 Å². The topological polar surface area (TPSA) is 175 Å². The van der Waals surface area contributed by atoms with Crippen LogP contribution in [-0.4, -0.2) is 77.7 Å². The zero-order valence-electron chi connectivity index (χ0n) is 29.8. The molecule has 0 heterocycles. The summed E-state index contributed by atoms with van der Waals surface area (Å²) >= 11 is 0. The Morgan fingerprint density at radius 2 is 1.18 bits per heavy atom. The number of amides is 5. The Balaban J connectivity index is 5.58. The minimum Gasteiger partial charge on any atom is -0.450 e. The fourth-order valence-corrected chi connectivity index (χ4v) is 4.51. The molecule has 6 N–H and O–H groups in total. The monoisotopic (exact) mass is 641 g/mol. The number of carbonyl (C=O) groups is 5. The van der Waals surface area contributed by atoms with E-state index < -0.39 is 53.6 Å². The maximum Gasteiger partial charge on any atom is 0.407 e. The number of hydrogen-bond acceptors (Lipinski definition) is 7. The van der Waals surface area contributed by atoms with E-state index in [9.17, 15) is 29.1 Å². The summed E-state index contributed by atoms with van der Waals surface area (Å²) in [7, 11) is 0. The number of aliphatic hydroxyl groups is 1. The lowest BCUT2D eigenvalue weighted by molar-refractivity contribution is -0.135. The van der Waals surface area contributed by atoms with Gasteiger partial charge in [0.1, 0.15) is 18.1 Å². The van der Waals surface area contributed by atoms with Crippen molar-refractivity contribution in [3.63, 3.8) is 0 Å². The molecule has 0 radical (unpaired) electrons.